The second-order valence-electron chi connectivity index (χ2n) is 8.11. The van der Waals surface area contributed by atoms with Crippen LogP contribution in [0.25, 0.3) is 0 Å². The first-order valence-electron chi connectivity index (χ1n) is 11.9. The second-order valence-corrected chi connectivity index (χ2v) is 9.03. The standard InChI is InChI=1S/C29H24BrN7O/c30-23-16-17-26(38-20-21-10-4-1-5-11-21)22(18-23)19-31-37-29-35-27(32-24-12-6-2-7-13-24)34-28(36-29)33-25-14-8-3-9-15-25/h1-19H,20H2,(H3,32,33,34,35,36,37)/b31-19+. The summed E-state index contributed by atoms with van der Waals surface area (Å²) in [5.41, 5.74) is 6.51. The van der Waals surface area contributed by atoms with E-state index < -0.39 is 0 Å². The van der Waals surface area contributed by atoms with Gasteiger partial charge < -0.3 is 15.4 Å². The minimum atomic E-state index is 0.273. The molecule has 9 heteroatoms. The number of halogens is 1. The van der Waals surface area contributed by atoms with Gasteiger partial charge in [0, 0.05) is 21.4 Å². The van der Waals surface area contributed by atoms with Gasteiger partial charge >= 0.3 is 0 Å². The predicted octanol–water partition coefficient (Wildman–Crippen LogP) is 7.15. The Kier molecular flexibility index (Phi) is 8.17. The number of nitrogens with one attached hydrogen (secondary N) is 3. The van der Waals surface area contributed by atoms with Crippen LogP contribution in [0.4, 0.5) is 29.2 Å². The number of para-hydroxylation sites is 2. The third-order valence-corrected chi connectivity index (χ3v) is 5.77. The molecular formula is C29H24BrN7O. The Balaban J connectivity index is 1.35. The van der Waals surface area contributed by atoms with Gasteiger partial charge in [-0.1, -0.05) is 82.7 Å². The van der Waals surface area contributed by atoms with E-state index in [4.69, 9.17) is 4.74 Å². The van der Waals surface area contributed by atoms with Crippen LogP contribution in [0, 0.1) is 0 Å². The van der Waals surface area contributed by atoms with Gasteiger partial charge in [0.25, 0.3) is 0 Å². The highest BCUT2D eigenvalue weighted by atomic mass is 79.9. The maximum absolute atomic E-state index is 6.05. The number of nitrogens with zero attached hydrogens (tertiary/aromatic N) is 4. The van der Waals surface area contributed by atoms with E-state index in [2.05, 4.69) is 52.0 Å². The van der Waals surface area contributed by atoms with Crippen molar-refractivity contribution in [3.63, 3.8) is 0 Å². The SMILES string of the molecule is Brc1ccc(OCc2ccccc2)c(/C=N/Nc2nc(Nc3ccccc3)nc(Nc3ccccc3)n2)c1. The largest absolute Gasteiger partial charge is 0.488 e. The number of aromatic nitrogens is 3. The van der Waals surface area contributed by atoms with Gasteiger partial charge in [-0.05, 0) is 48.0 Å². The van der Waals surface area contributed by atoms with Crippen molar-refractivity contribution in [3.05, 3.63) is 125 Å². The average Bonchev–Trinajstić information content (AvgIpc) is 2.94. The number of ether oxygens (including phenoxy) is 1. The van der Waals surface area contributed by atoms with Crippen molar-refractivity contribution in [2.75, 3.05) is 16.1 Å². The van der Waals surface area contributed by atoms with E-state index in [1.165, 1.54) is 0 Å². The summed E-state index contributed by atoms with van der Waals surface area (Å²) >= 11 is 3.52. The summed E-state index contributed by atoms with van der Waals surface area (Å²) in [4.78, 5) is 13.5. The summed E-state index contributed by atoms with van der Waals surface area (Å²) in [5.74, 6) is 1.72. The molecule has 0 aliphatic heterocycles. The van der Waals surface area contributed by atoms with E-state index in [9.17, 15) is 0 Å². The van der Waals surface area contributed by atoms with Gasteiger partial charge in [-0.25, -0.2) is 5.43 Å². The number of hydrogen-bond donors (Lipinski definition) is 3. The molecule has 5 aromatic rings. The summed E-state index contributed by atoms with van der Waals surface area (Å²) in [6.07, 6.45) is 1.67. The zero-order chi connectivity index (χ0) is 26.0. The molecule has 3 N–H and O–H groups in total. The molecule has 38 heavy (non-hydrogen) atoms. The third kappa shape index (κ3) is 7.14. The molecule has 0 radical (unpaired) electrons. The average molecular weight is 566 g/mol. The first kappa shape index (κ1) is 24.9. The van der Waals surface area contributed by atoms with Gasteiger partial charge in [-0.15, -0.1) is 0 Å². The fourth-order valence-electron chi connectivity index (χ4n) is 3.49. The molecular weight excluding hydrogens is 542 g/mol. The van der Waals surface area contributed by atoms with E-state index >= 15 is 0 Å². The van der Waals surface area contributed by atoms with Gasteiger partial charge in [-0.3, -0.25) is 0 Å². The van der Waals surface area contributed by atoms with Crippen molar-refractivity contribution < 1.29 is 4.74 Å². The first-order chi connectivity index (χ1) is 18.7. The lowest BCUT2D eigenvalue weighted by atomic mass is 10.2. The molecule has 0 unspecified atom stereocenters. The molecule has 0 amide bonds. The monoisotopic (exact) mass is 565 g/mol. The Bertz CT molecular complexity index is 1440. The summed E-state index contributed by atoms with van der Waals surface area (Å²) in [5, 5.41) is 10.8. The Morgan fingerprint density at radius 3 is 1.84 bits per heavy atom. The van der Waals surface area contributed by atoms with Crippen molar-refractivity contribution in [1.82, 2.24) is 15.0 Å². The van der Waals surface area contributed by atoms with Gasteiger partial charge in [0.2, 0.25) is 17.8 Å². The Hall–Kier alpha value is -4.76. The molecule has 0 saturated carbocycles. The molecule has 188 valence electrons. The molecule has 4 aromatic carbocycles. The number of anilines is 5. The lowest BCUT2D eigenvalue weighted by molar-refractivity contribution is 0.306. The van der Waals surface area contributed by atoms with Crippen molar-refractivity contribution >= 4 is 51.4 Å². The number of benzene rings is 4. The first-order valence-corrected chi connectivity index (χ1v) is 12.7. The van der Waals surface area contributed by atoms with Crippen LogP contribution in [-0.4, -0.2) is 21.2 Å². The molecule has 0 fully saturated rings. The highest BCUT2D eigenvalue weighted by Gasteiger charge is 2.08. The van der Waals surface area contributed by atoms with Crippen LogP contribution < -0.4 is 20.8 Å². The molecule has 0 aliphatic carbocycles. The van der Waals surface area contributed by atoms with Crippen LogP contribution in [-0.2, 0) is 6.61 Å². The zero-order valence-corrected chi connectivity index (χ0v) is 21.8. The fraction of sp³-hybridized carbons (Fsp3) is 0.0345. The smallest absolute Gasteiger partial charge is 0.250 e. The molecule has 0 bridgehead atoms. The molecule has 1 heterocycles. The summed E-state index contributed by atoms with van der Waals surface area (Å²) < 4.78 is 6.96. The number of hydrogen-bond acceptors (Lipinski definition) is 8. The highest BCUT2D eigenvalue weighted by molar-refractivity contribution is 9.10. The van der Waals surface area contributed by atoms with E-state index in [1.807, 2.05) is 109 Å². The molecule has 5 rings (SSSR count). The topological polar surface area (TPSA) is 96.4 Å². The lowest BCUT2D eigenvalue weighted by Crippen LogP contribution is -2.07. The summed E-state index contributed by atoms with van der Waals surface area (Å²) in [7, 11) is 0. The van der Waals surface area contributed by atoms with Crippen molar-refractivity contribution in [3.8, 4) is 5.75 Å². The molecule has 0 spiro atoms. The molecule has 8 nitrogen and oxygen atoms in total. The minimum absolute atomic E-state index is 0.273. The third-order valence-electron chi connectivity index (χ3n) is 5.27. The number of hydrazone groups is 1. The maximum atomic E-state index is 6.05. The quantitative estimate of drug-likeness (QED) is 0.122. The van der Waals surface area contributed by atoms with Gasteiger partial charge in [0.1, 0.15) is 12.4 Å². The van der Waals surface area contributed by atoms with Crippen LogP contribution >= 0.6 is 15.9 Å². The van der Waals surface area contributed by atoms with Crippen LogP contribution in [0.3, 0.4) is 0 Å². The van der Waals surface area contributed by atoms with E-state index in [0.717, 1.165) is 27.0 Å². The maximum Gasteiger partial charge on any atom is 0.250 e. The molecule has 0 atom stereocenters. The van der Waals surface area contributed by atoms with E-state index in [0.29, 0.717) is 24.3 Å². The normalized spacial score (nSPS) is 10.8. The zero-order valence-electron chi connectivity index (χ0n) is 20.3. The van der Waals surface area contributed by atoms with Crippen molar-refractivity contribution in [2.45, 2.75) is 6.61 Å². The fourth-order valence-corrected chi connectivity index (χ4v) is 3.86. The minimum Gasteiger partial charge on any atom is -0.488 e. The van der Waals surface area contributed by atoms with Crippen LogP contribution in [0.15, 0.2) is 119 Å². The lowest BCUT2D eigenvalue weighted by Gasteiger charge is -2.11. The molecule has 1 aromatic heterocycles. The second kappa shape index (κ2) is 12.5. The van der Waals surface area contributed by atoms with Crippen LogP contribution in [0.5, 0.6) is 5.75 Å². The Morgan fingerprint density at radius 1 is 0.684 bits per heavy atom. The Morgan fingerprint density at radius 2 is 1.24 bits per heavy atom. The Labute approximate surface area is 229 Å². The van der Waals surface area contributed by atoms with Gasteiger partial charge in [0.05, 0.1) is 6.21 Å². The van der Waals surface area contributed by atoms with Gasteiger partial charge in [-0.2, -0.15) is 20.1 Å². The van der Waals surface area contributed by atoms with E-state index in [1.54, 1.807) is 6.21 Å². The van der Waals surface area contributed by atoms with Crippen molar-refractivity contribution in [1.29, 1.82) is 0 Å². The highest BCUT2D eigenvalue weighted by Crippen LogP contribution is 2.23. The molecule has 0 aliphatic rings. The summed E-state index contributed by atoms with van der Waals surface area (Å²) in [6, 6.07) is 35.2. The van der Waals surface area contributed by atoms with Crippen LogP contribution in [0.2, 0.25) is 0 Å². The van der Waals surface area contributed by atoms with Crippen LogP contribution in [0.1, 0.15) is 11.1 Å². The van der Waals surface area contributed by atoms with Gasteiger partial charge in [0.15, 0.2) is 0 Å². The summed E-state index contributed by atoms with van der Waals surface area (Å²) in [6.45, 7) is 0.452. The van der Waals surface area contributed by atoms with E-state index in [-0.39, 0.29) is 5.95 Å². The predicted molar refractivity (Wildman–Crippen MR) is 155 cm³/mol. The number of rotatable bonds is 10. The molecule has 0 saturated heterocycles. The van der Waals surface area contributed by atoms with Crippen molar-refractivity contribution in [2.24, 2.45) is 5.10 Å².